The summed E-state index contributed by atoms with van der Waals surface area (Å²) in [6.07, 6.45) is 0. The van der Waals surface area contributed by atoms with Crippen LogP contribution >= 0.6 is 23.2 Å². The zero-order chi connectivity index (χ0) is 18.6. The molecular weight excluding hydrogens is 373 g/mol. The molecule has 4 aromatic carbocycles. The van der Waals surface area contributed by atoms with Gasteiger partial charge in [0.2, 0.25) is 0 Å². The lowest BCUT2D eigenvalue weighted by Gasteiger charge is -2.27. The van der Waals surface area contributed by atoms with Crippen LogP contribution in [-0.4, -0.2) is 0 Å². The van der Waals surface area contributed by atoms with Crippen molar-refractivity contribution in [2.75, 3.05) is 4.90 Å². The van der Waals surface area contributed by atoms with Gasteiger partial charge in [0.1, 0.15) is 0 Å². The summed E-state index contributed by atoms with van der Waals surface area (Å²) in [5.74, 6) is 0. The highest BCUT2D eigenvalue weighted by Gasteiger charge is 2.18. The molecule has 0 saturated heterocycles. The van der Waals surface area contributed by atoms with Crippen LogP contribution in [0, 0.1) is 0 Å². The van der Waals surface area contributed by atoms with E-state index in [2.05, 4.69) is 47.4 Å². The highest BCUT2D eigenvalue weighted by molar-refractivity contribution is 6.44. The minimum Gasteiger partial charge on any atom is -0.309 e. The second kappa shape index (κ2) is 7.87. The Balaban J connectivity index is 1.94. The molecular formula is C24H17Cl2N. The Hall–Kier alpha value is -2.74. The van der Waals surface area contributed by atoms with E-state index in [1.54, 1.807) is 0 Å². The summed E-state index contributed by atoms with van der Waals surface area (Å²) in [5, 5.41) is 1.06. The normalized spacial score (nSPS) is 10.6. The average Bonchev–Trinajstić information content (AvgIpc) is 2.73. The van der Waals surface area contributed by atoms with E-state index >= 15 is 0 Å². The van der Waals surface area contributed by atoms with Crippen LogP contribution in [0.15, 0.2) is 103 Å². The van der Waals surface area contributed by atoms with Crippen LogP contribution in [0.3, 0.4) is 0 Å². The van der Waals surface area contributed by atoms with Crippen molar-refractivity contribution in [3.05, 3.63) is 113 Å². The van der Waals surface area contributed by atoms with Crippen LogP contribution in [0.1, 0.15) is 0 Å². The fraction of sp³-hybridized carbons (Fsp3) is 0. The monoisotopic (exact) mass is 389 g/mol. The molecule has 4 aromatic rings. The molecule has 1 nitrogen and oxygen atoms in total. The first kappa shape index (κ1) is 17.7. The first-order valence-electron chi connectivity index (χ1n) is 8.69. The molecule has 0 unspecified atom stereocenters. The third kappa shape index (κ3) is 3.71. The molecule has 0 aliphatic carbocycles. The molecule has 0 aliphatic rings. The van der Waals surface area contributed by atoms with Crippen molar-refractivity contribution in [1.29, 1.82) is 0 Å². The Morgan fingerprint density at radius 2 is 1.00 bits per heavy atom. The molecule has 0 radical (unpaired) electrons. The van der Waals surface area contributed by atoms with Gasteiger partial charge in [0.05, 0.1) is 15.7 Å². The number of para-hydroxylation sites is 2. The summed E-state index contributed by atoms with van der Waals surface area (Å²) < 4.78 is 0. The Morgan fingerprint density at radius 1 is 0.519 bits per heavy atom. The van der Waals surface area contributed by atoms with Gasteiger partial charge in [0.15, 0.2) is 0 Å². The van der Waals surface area contributed by atoms with Crippen LogP contribution in [-0.2, 0) is 0 Å². The van der Waals surface area contributed by atoms with E-state index in [0.717, 1.165) is 28.2 Å². The molecule has 0 spiro atoms. The lowest BCUT2D eigenvalue weighted by molar-refractivity contribution is 1.28. The van der Waals surface area contributed by atoms with Crippen LogP contribution in [0.2, 0.25) is 10.0 Å². The Morgan fingerprint density at radius 3 is 1.52 bits per heavy atom. The summed E-state index contributed by atoms with van der Waals surface area (Å²) in [4.78, 5) is 2.13. The van der Waals surface area contributed by atoms with Crippen molar-refractivity contribution in [2.45, 2.75) is 0 Å². The Bertz CT molecular complexity index is 992. The minimum atomic E-state index is 0.532. The molecule has 0 atom stereocenters. The van der Waals surface area contributed by atoms with Gasteiger partial charge in [0.25, 0.3) is 0 Å². The van der Waals surface area contributed by atoms with Gasteiger partial charge in [-0.25, -0.2) is 0 Å². The fourth-order valence-electron chi connectivity index (χ4n) is 3.12. The topological polar surface area (TPSA) is 3.24 Å². The van der Waals surface area contributed by atoms with Gasteiger partial charge in [-0.2, -0.15) is 0 Å². The number of nitrogens with zero attached hydrogens (tertiary/aromatic N) is 1. The van der Waals surface area contributed by atoms with Crippen LogP contribution < -0.4 is 4.90 Å². The predicted octanol–water partition coefficient (Wildman–Crippen LogP) is 8.13. The SMILES string of the molecule is Clc1cc(-c2ccccc2)cc(N(c2ccccc2)c2ccccc2)c1Cl. The maximum absolute atomic E-state index is 6.67. The molecule has 0 N–H and O–H groups in total. The number of benzene rings is 4. The molecule has 132 valence electrons. The van der Waals surface area contributed by atoms with Gasteiger partial charge in [-0.15, -0.1) is 0 Å². The number of halogens is 2. The van der Waals surface area contributed by atoms with E-state index in [-0.39, 0.29) is 0 Å². The second-order valence-electron chi connectivity index (χ2n) is 6.16. The zero-order valence-corrected chi connectivity index (χ0v) is 16.0. The van der Waals surface area contributed by atoms with Crippen molar-refractivity contribution in [2.24, 2.45) is 0 Å². The van der Waals surface area contributed by atoms with E-state index in [1.165, 1.54) is 0 Å². The maximum atomic E-state index is 6.67. The molecule has 0 saturated carbocycles. The standard InChI is InChI=1S/C24H17Cl2N/c25-22-16-19(18-10-4-1-5-11-18)17-23(24(22)26)27(20-12-6-2-7-13-20)21-14-8-3-9-15-21/h1-17H. The number of anilines is 3. The second-order valence-corrected chi connectivity index (χ2v) is 6.95. The van der Waals surface area contributed by atoms with E-state index < -0.39 is 0 Å². The summed E-state index contributed by atoms with van der Waals surface area (Å²) in [5.41, 5.74) is 5.01. The third-order valence-electron chi connectivity index (χ3n) is 4.39. The summed E-state index contributed by atoms with van der Waals surface area (Å²) in [6.45, 7) is 0. The zero-order valence-electron chi connectivity index (χ0n) is 14.5. The Labute approximate surface area is 169 Å². The lowest BCUT2D eigenvalue weighted by atomic mass is 10.0. The molecule has 27 heavy (non-hydrogen) atoms. The van der Waals surface area contributed by atoms with Crippen molar-refractivity contribution in [3.63, 3.8) is 0 Å². The maximum Gasteiger partial charge on any atom is 0.0833 e. The molecule has 0 heterocycles. The molecule has 3 heteroatoms. The minimum absolute atomic E-state index is 0.532. The molecule has 0 bridgehead atoms. The lowest BCUT2D eigenvalue weighted by Crippen LogP contribution is -2.10. The van der Waals surface area contributed by atoms with Crippen molar-refractivity contribution in [3.8, 4) is 11.1 Å². The van der Waals surface area contributed by atoms with Crippen molar-refractivity contribution >= 4 is 40.3 Å². The predicted molar refractivity (Wildman–Crippen MR) is 117 cm³/mol. The van der Waals surface area contributed by atoms with Crippen molar-refractivity contribution in [1.82, 2.24) is 0 Å². The summed E-state index contributed by atoms with van der Waals surface area (Å²) in [7, 11) is 0. The van der Waals surface area contributed by atoms with Gasteiger partial charge in [-0.05, 0) is 47.5 Å². The van der Waals surface area contributed by atoms with E-state index in [0.29, 0.717) is 10.0 Å². The number of rotatable bonds is 4. The van der Waals surface area contributed by atoms with Gasteiger partial charge in [-0.1, -0.05) is 89.9 Å². The van der Waals surface area contributed by atoms with Crippen LogP contribution in [0.25, 0.3) is 11.1 Å². The third-order valence-corrected chi connectivity index (χ3v) is 5.18. The number of hydrogen-bond acceptors (Lipinski definition) is 1. The highest BCUT2D eigenvalue weighted by atomic mass is 35.5. The van der Waals surface area contributed by atoms with Crippen LogP contribution in [0.4, 0.5) is 17.1 Å². The quantitative estimate of drug-likeness (QED) is 0.340. The number of hydrogen-bond donors (Lipinski definition) is 0. The Kier molecular flexibility index (Phi) is 5.15. The first-order valence-corrected chi connectivity index (χ1v) is 9.44. The molecule has 0 aromatic heterocycles. The van der Waals surface area contributed by atoms with Gasteiger partial charge in [0, 0.05) is 11.4 Å². The van der Waals surface area contributed by atoms with Gasteiger partial charge < -0.3 is 4.90 Å². The van der Waals surface area contributed by atoms with E-state index in [1.807, 2.05) is 60.7 Å². The molecule has 0 amide bonds. The van der Waals surface area contributed by atoms with E-state index in [9.17, 15) is 0 Å². The first-order chi connectivity index (χ1) is 13.2. The van der Waals surface area contributed by atoms with E-state index in [4.69, 9.17) is 23.2 Å². The molecule has 4 rings (SSSR count). The fourth-order valence-corrected chi connectivity index (χ4v) is 3.52. The van der Waals surface area contributed by atoms with Crippen LogP contribution in [0.5, 0.6) is 0 Å². The highest BCUT2D eigenvalue weighted by Crippen LogP contribution is 2.43. The smallest absolute Gasteiger partial charge is 0.0833 e. The molecule has 0 aliphatic heterocycles. The average molecular weight is 390 g/mol. The van der Waals surface area contributed by atoms with Gasteiger partial charge >= 0.3 is 0 Å². The largest absolute Gasteiger partial charge is 0.309 e. The molecule has 0 fully saturated rings. The van der Waals surface area contributed by atoms with Crippen molar-refractivity contribution < 1.29 is 0 Å². The summed E-state index contributed by atoms with van der Waals surface area (Å²) in [6, 6.07) is 34.5. The summed E-state index contributed by atoms with van der Waals surface area (Å²) >= 11 is 13.2. The van der Waals surface area contributed by atoms with Gasteiger partial charge in [-0.3, -0.25) is 0 Å².